The summed E-state index contributed by atoms with van der Waals surface area (Å²) in [5, 5.41) is 2.92. The average Bonchev–Trinajstić information content (AvgIpc) is 2.42. The molecule has 5 nitrogen and oxygen atoms in total. The fourth-order valence-electron chi connectivity index (χ4n) is 2.28. The molecule has 1 fully saturated rings. The summed E-state index contributed by atoms with van der Waals surface area (Å²) in [5.41, 5.74) is 7.31. The molecule has 1 aliphatic heterocycles. The maximum absolute atomic E-state index is 12.1. The Bertz CT molecular complexity index is 457. The molecule has 1 heterocycles. The highest BCUT2D eigenvalue weighted by molar-refractivity contribution is 5.92. The molecule has 0 aromatic heterocycles. The van der Waals surface area contributed by atoms with E-state index < -0.39 is 0 Å². The number of morpholine rings is 1. The van der Waals surface area contributed by atoms with E-state index in [1.165, 1.54) is 0 Å². The molecule has 0 saturated carbocycles. The monoisotopic (exact) mass is 277 g/mol. The Balaban J connectivity index is 1.91. The maximum atomic E-state index is 12.1. The largest absolute Gasteiger partial charge is 0.378 e. The standard InChI is InChI=1S/C15H23N3O2/c1-15(2)11-20-8-7-18(15)10-14(19)17-13-5-3-12(9-16)4-6-13/h3-6H,7-11,16H2,1-2H3,(H,17,19). The summed E-state index contributed by atoms with van der Waals surface area (Å²) in [6.45, 7) is 7.20. The smallest absolute Gasteiger partial charge is 0.238 e. The van der Waals surface area contributed by atoms with Crippen molar-refractivity contribution in [1.29, 1.82) is 0 Å². The van der Waals surface area contributed by atoms with E-state index in [1.54, 1.807) is 0 Å². The van der Waals surface area contributed by atoms with Gasteiger partial charge in [0.15, 0.2) is 0 Å². The lowest BCUT2D eigenvalue weighted by Crippen LogP contribution is -2.55. The minimum Gasteiger partial charge on any atom is -0.378 e. The van der Waals surface area contributed by atoms with Crippen molar-refractivity contribution in [3.05, 3.63) is 29.8 Å². The predicted molar refractivity (Wildman–Crippen MR) is 79.4 cm³/mol. The van der Waals surface area contributed by atoms with Crippen LogP contribution in [-0.2, 0) is 16.1 Å². The summed E-state index contributed by atoms with van der Waals surface area (Å²) in [6, 6.07) is 7.61. The lowest BCUT2D eigenvalue weighted by Gasteiger charge is -2.41. The van der Waals surface area contributed by atoms with Gasteiger partial charge in [-0.05, 0) is 31.5 Å². The quantitative estimate of drug-likeness (QED) is 0.867. The van der Waals surface area contributed by atoms with E-state index in [2.05, 4.69) is 24.1 Å². The third kappa shape index (κ3) is 3.79. The molecule has 0 radical (unpaired) electrons. The van der Waals surface area contributed by atoms with Gasteiger partial charge in [0, 0.05) is 24.3 Å². The molecule has 1 aromatic carbocycles. The second-order valence-corrected chi connectivity index (χ2v) is 5.74. The average molecular weight is 277 g/mol. The molecule has 5 heteroatoms. The molecule has 20 heavy (non-hydrogen) atoms. The minimum atomic E-state index is -0.0982. The highest BCUT2D eigenvalue weighted by Crippen LogP contribution is 2.18. The number of ether oxygens (including phenoxy) is 1. The van der Waals surface area contributed by atoms with Gasteiger partial charge in [-0.15, -0.1) is 0 Å². The van der Waals surface area contributed by atoms with Crippen molar-refractivity contribution >= 4 is 11.6 Å². The normalized spacial score (nSPS) is 18.8. The maximum Gasteiger partial charge on any atom is 0.238 e. The number of anilines is 1. The molecule has 1 amide bonds. The number of nitrogens with zero attached hydrogens (tertiary/aromatic N) is 1. The number of nitrogens with two attached hydrogens (primary N) is 1. The summed E-state index contributed by atoms with van der Waals surface area (Å²) in [6.07, 6.45) is 0. The molecule has 0 spiro atoms. The Labute approximate surface area is 120 Å². The Kier molecular flexibility index (Phi) is 4.75. The number of benzene rings is 1. The number of hydrogen-bond acceptors (Lipinski definition) is 4. The molecule has 0 aliphatic carbocycles. The Morgan fingerprint density at radius 2 is 2.10 bits per heavy atom. The van der Waals surface area contributed by atoms with E-state index in [1.807, 2.05) is 24.3 Å². The van der Waals surface area contributed by atoms with Crippen molar-refractivity contribution in [3.63, 3.8) is 0 Å². The van der Waals surface area contributed by atoms with Gasteiger partial charge >= 0.3 is 0 Å². The highest BCUT2D eigenvalue weighted by Gasteiger charge is 2.31. The topological polar surface area (TPSA) is 67.6 Å². The molecule has 2 rings (SSSR count). The van der Waals surface area contributed by atoms with E-state index in [9.17, 15) is 4.79 Å². The molecule has 110 valence electrons. The van der Waals surface area contributed by atoms with Crippen LogP contribution in [0.2, 0.25) is 0 Å². The van der Waals surface area contributed by atoms with Crippen LogP contribution in [0.5, 0.6) is 0 Å². The van der Waals surface area contributed by atoms with E-state index in [-0.39, 0.29) is 11.4 Å². The first kappa shape index (κ1) is 15.0. The second-order valence-electron chi connectivity index (χ2n) is 5.74. The van der Waals surface area contributed by atoms with E-state index in [4.69, 9.17) is 10.5 Å². The highest BCUT2D eigenvalue weighted by atomic mass is 16.5. The predicted octanol–water partition coefficient (Wildman–Crippen LogP) is 1.19. The van der Waals surface area contributed by atoms with Gasteiger partial charge in [0.2, 0.25) is 5.91 Å². The van der Waals surface area contributed by atoms with Crippen LogP contribution < -0.4 is 11.1 Å². The van der Waals surface area contributed by atoms with Gasteiger partial charge in [-0.2, -0.15) is 0 Å². The number of rotatable bonds is 4. The van der Waals surface area contributed by atoms with Gasteiger partial charge < -0.3 is 15.8 Å². The number of carbonyl (C=O) groups excluding carboxylic acids is 1. The van der Waals surface area contributed by atoms with Crippen molar-refractivity contribution in [2.24, 2.45) is 5.73 Å². The molecule has 1 saturated heterocycles. The van der Waals surface area contributed by atoms with Crippen molar-refractivity contribution < 1.29 is 9.53 Å². The van der Waals surface area contributed by atoms with Crippen LogP contribution in [0.4, 0.5) is 5.69 Å². The summed E-state index contributed by atoms with van der Waals surface area (Å²) in [5.74, 6) is 0.000438. The van der Waals surface area contributed by atoms with Crippen molar-refractivity contribution in [2.45, 2.75) is 25.9 Å². The summed E-state index contributed by atoms with van der Waals surface area (Å²) in [4.78, 5) is 14.3. The summed E-state index contributed by atoms with van der Waals surface area (Å²) in [7, 11) is 0. The Hall–Kier alpha value is -1.43. The fourth-order valence-corrected chi connectivity index (χ4v) is 2.28. The van der Waals surface area contributed by atoms with Crippen LogP contribution in [0.25, 0.3) is 0 Å². The Morgan fingerprint density at radius 3 is 2.70 bits per heavy atom. The molecule has 0 unspecified atom stereocenters. The molecule has 0 atom stereocenters. The Morgan fingerprint density at radius 1 is 1.40 bits per heavy atom. The first-order valence-electron chi connectivity index (χ1n) is 6.93. The van der Waals surface area contributed by atoms with Gasteiger partial charge in [-0.25, -0.2) is 0 Å². The van der Waals surface area contributed by atoms with Crippen LogP contribution in [0.1, 0.15) is 19.4 Å². The summed E-state index contributed by atoms with van der Waals surface area (Å²) >= 11 is 0. The molecule has 1 aliphatic rings. The van der Waals surface area contributed by atoms with E-state index >= 15 is 0 Å². The number of carbonyl (C=O) groups is 1. The lowest BCUT2D eigenvalue weighted by molar-refractivity contribution is -0.122. The first-order valence-corrected chi connectivity index (χ1v) is 6.93. The molecule has 0 bridgehead atoms. The van der Waals surface area contributed by atoms with Crippen LogP contribution in [-0.4, -0.2) is 42.6 Å². The van der Waals surface area contributed by atoms with Gasteiger partial charge in [-0.1, -0.05) is 12.1 Å². The van der Waals surface area contributed by atoms with Crippen molar-refractivity contribution in [2.75, 3.05) is 31.6 Å². The van der Waals surface area contributed by atoms with Gasteiger partial charge in [0.25, 0.3) is 0 Å². The molecule has 1 aromatic rings. The lowest BCUT2D eigenvalue weighted by atomic mass is 10.0. The molecular formula is C15H23N3O2. The second kappa shape index (κ2) is 6.35. The fraction of sp³-hybridized carbons (Fsp3) is 0.533. The van der Waals surface area contributed by atoms with Crippen LogP contribution in [0.3, 0.4) is 0 Å². The number of nitrogens with one attached hydrogen (secondary N) is 1. The molecular weight excluding hydrogens is 254 g/mol. The van der Waals surface area contributed by atoms with Crippen LogP contribution >= 0.6 is 0 Å². The van der Waals surface area contributed by atoms with Gasteiger partial charge in [0.1, 0.15) is 0 Å². The van der Waals surface area contributed by atoms with Crippen molar-refractivity contribution in [1.82, 2.24) is 4.90 Å². The van der Waals surface area contributed by atoms with Crippen molar-refractivity contribution in [3.8, 4) is 0 Å². The van der Waals surface area contributed by atoms with Gasteiger partial charge in [-0.3, -0.25) is 9.69 Å². The zero-order valence-corrected chi connectivity index (χ0v) is 12.2. The number of hydrogen-bond donors (Lipinski definition) is 2. The van der Waals surface area contributed by atoms with E-state index in [0.717, 1.165) is 17.8 Å². The zero-order chi connectivity index (χ0) is 14.6. The van der Waals surface area contributed by atoms with Gasteiger partial charge in [0.05, 0.1) is 19.8 Å². The third-order valence-corrected chi connectivity index (χ3v) is 3.62. The third-order valence-electron chi connectivity index (χ3n) is 3.62. The first-order chi connectivity index (χ1) is 9.51. The molecule has 3 N–H and O–H groups in total. The zero-order valence-electron chi connectivity index (χ0n) is 12.2. The van der Waals surface area contributed by atoms with E-state index in [0.29, 0.717) is 26.3 Å². The summed E-state index contributed by atoms with van der Waals surface area (Å²) < 4.78 is 5.46. The number of amides is 1. The SMILES string of the molecule is CC1(C)COCCN1CC(=O)Nc1ccc(CN)cc1. The van der Waals surface area contributed by atoms with Crippen LogP contribution in [0.15, 0.2) is 24.3 Å². The van der Waals surface area contributed by atoms with Crippen LogP contribution in [0, 0.1) is 0 Å². The minimum absolute atomic E-state index is 0.000438.